The molecule has 4 rings (SSSR count). The van der Waals surface area contributed by atoms with Crippen LogP contribution in [0.2, 0.25) is 0 Å². The van der Waals surface area contributed by atoms with Crippen LogP contribution in [0.4, 0.5) is 5.95 Å². The van der Waals surface area contributed by atoms with E-state index in [1.54, 1.807) is 30.1 Å². The number of piperidine rings is 1. The van der Waals surface area contributed by atoms with Crippen LogP contribution >= 0.6 is 0 Å². The third-order valence-electron chi connectivity index (χ3n) is 5.20. The number of aromatic nitrogens is 3. The van der Waals surface area contributed by atoms with Gasteiger partial charge in [0.1, 0.15) is 7.85 Å². The van der Waals surface area contributed by atoms with Gasteiger partial charge < -0.3 is 4.90 Å². The molecule has 134 valence electrons. The van der Waals surface area contributed by atoms with Crippen molar-refractivity contribution in [3.8, 4) is 11.3 Å². The molecule has 2 radical (unpaired) electrons. The summed E-state index contributed by atoms with van der Waals surface area (Å²) in [5.74, 6) is 1.12. The zero-order valence-electron chi connectivity index (χ0n) is 15.4. The number of hydrogen-bond acceptors (Lipinski definition) is 4. The average Bonchev–Trinajstić information content (AvgIpc) is 2.71. The van der Waals surface area contributed by atoms with Crippen molar-refractivity contribution in [3.05, 3.63) is 70.8 Å². The van der Waals surface area contributed by atoms with Gasteiger partial charge in [-0.25, -0.2) is 4.98 Å². The third-order valence-corrected chi connectivity index (χ3v) is 5.20. The lowest BCUT2D eigenvalue weighted by molar-refractivity contribution is 0.497. The van der Waals surface area contributed by atoms with Crippen LogP contribution in [0, 0.1) is 0 Å². The molecule has 0 bridgehead atoms. The van der Waals surface area contributed by atoms with E-state index in [2.05, 4.69) is 22.0 Å². The molecule has 27 heavy (non-hydrogen) atoms. The van der Waals surface area contributed by atoms with Gasteiger partial charge in [0.2, 0.25) is 5.95 Å². The first-order valence-electron chi connectivity index (χ1n) is 9.20. The number of benzene rings is 1. The van der Waals surface area contributed by atoms with E-state index < -0.39 is 0 Å². The van der Waals surface area contributed by atoms with Gasteiger partial charge in [-0.2, -0.15) is 0 Å². The molecule has 0 aliphatic carbocycles. The highest BCUT2D eigenvalue weighted by Crippen LogP contribution is 2.29. The molecular formula is C21H21BN4O. The number of hydrogen-bond donors (Lipinski definition) is 0. The van der Waals surface area contributed by atoms with Crippen LogP contribution in [-0.2, 0) is 7.05 Å². The monoisotopic (exact) mass is 356 g/mol. The van der Waals surface area contributed by atoms with Gasteiger partial charge in [0.15, 0.2) is 0 Å². The van der Waals surface area contributed by atoms with Crippen molar-refractivity contribution in [2.45, 2.75) is 18.8 Å². The van der Waals surface area contributed by atoms with Crippen molar-refractivity contribution in [1.82, 2.24) is 14.5 Å². The zero-order valence-corrected chi connectivity index (χ0v) is 15.4. The summed E-state index contributed by atoms with van der Waals surface area (Å²) in [6.07, 6.45) is 5.61. The van der Waals surface area contributed by atoms with Gasteiger partial charge in [-0.15, -0.1) is 0 Å². The first-order valence-corrected chi connectivity index (χ1v) is 9.20. The average molecular weight is 356 g/mol. The van der Waals surface area contributed by atoms with E-state index in [0.29, 0.717) is 11.6 Å². The van der Waals surface area contributed by atoms with E-state index >= 15 is 0 Å². The van der Waals surface area contributed by atoms with Gasteiger partial charge in [0.25, 0.3) is 5.56 Å². The molecule has 1 saturated heterocycles. The van der Waals surface area contributed by atoms with E-state index in [4.69, 9.17) is 12.8 Å². The molecule has 1 aliphatic rings. The van der Waals surface area contributed by atoms with E-state index in [1.165, 1.54) is 5.56 Å². The Morgan fingerprint density at radius 2 is 1.85 bits per heavy atom. The molecule has 3 heterocycles. The lowest BCUT2D eigenvalue weighted by atomic mass is 9.87. The van der Waals surface area contributed by atoms with Gasteiger partial charge in [-0.3, -0.25) is 14.3 Å². The SMILES string of the molecule is [B]c1ccc(C2CCCN(c3nc(-c4ccncc4)cc(=O)n3C)C2)cc1. The molecule has 5 nitrogen and oxygen atoms in total. The highest BCUT2D eigenvalue weighted by Gasteiger charge is 2.24. The van der Waals surface area contributed by atoms with Crippen LogP contribution in [0.25, 0.3) is 11.3 Å². The fraction of sp³-hybridized carbons (Fsp3) is 0.286. The Bertz CT molecular complexity index is 985. The summed E-state index contributed by atoms with van der Waals surface area (Å²) in [6.45, 7) is 1.73. The van der Waals surface area contributed by atoms with Crippen molar-refractivity contribution < 1.29 is 0 Å². The second-order valence-corrected chi connectivity index (χ2v) is 7.03. The van der Waals surface area contributed by atoms with Crippen LogP contribution in [0.15, 0.2) is 59.7 Å². The van der Waals surface area contributed by atoms with Gasteiger partial charge >= 0.3 is 0 Å². The van der Waals surface area contributed by atoms with E-state index in [0.717, 1.165) is 42.9 Å². The first-order chi connectivity index (χ1) is 13.1. The summed E-state index contributed by atoms with van der Waals surface area (Å²) in [4.78, 5) is 23.6. The van der Waals surface area contributed by atoms with E-state index in [9.17, 15) is 4.79 Å². The largest absolute Gasteiger partial charge is 0.342 e. The van der Waals surface area contributed by atoms with Gasteiger partial charge in [0.05, 0.1) is 5.69 Å². The first kappa shape index (κ1) is 17.5. The Morgan fingerprint density at radius 1 is 1.11 bits per heavy atom. The topological polar surface area (TPSA) is 51.0 Å². The number of anilines is 1. The minimum Gasteiger partial charge on any atom is -0.342 e. The Hall–Kier alpha value is -2.89. The summed E-state index contributed by atoms with van der Waals surface area (Å²) < 4.78 is 1.63. The number of nitrogens with zero attached hydrogens (tertiary/aromatic N) is 4. The summed E-state index contributed by atoms with van der Waals surface area (Å²) in [7, 11) is 7.61. The molecule has 6 heteroatoms. The van der Waals surface area contributed by atoms with Crippen molar-refractivity contribution in [2.75, 3.05) is 18.0 Å². The second kappa shape index (κ2) is 7.39. The predicted molar refractivity (Wildman–Crippen MR) is 109 cm³/mol. The van der Waals surface area contributed by atoms with Crippen molar-refractivity contribution in [1.29, 1.82) is 0 Å². The molecule has 1 aliphatic heterocycles. The summed E-state index contributed by atoms with van der Waals surface area (Å²) in [5, 5.41) is 0. The molecule has 1 fully saturated rings. The van der Waals surface area contributed by atoms with Crippen LogP contribution in [0.1, 0.15) is 24.3 Å². The minimum absolute atomic E-state index is 0.0542. The zero-order chi connectivity index (χ0) is 18.8. The molecule has 3 aromatic rings. The highest BCUT2D eigenvalue weighted by molar-refractivity contribution is 6.32. The lowest BCUT2D eigenvalue weighted by Crippen LogP contribution is -2.38. The standard InChI is InChI=1S/C21H21BN4O/c1-25-20(27)13-19(16-8-10-23-11-9-16)24-21(25)26-12-2-3-17(14-26)15-4-6-18(22)7-5-15/h4-11,13,17H,2-3,12,14H2,1H3. The normalized spacial score (nSPS) is 17.1. The smallest absolute Gasteiger partial charge is 0.255 e. The fourth-order valence-corrected chi connectivity index (χ4v) is 3.68. The maximum Gasteiger partial charge on any atom is 0.255 e. The minimum atomic E-state index is -0.0542. The maximum atomic E-state index is 12.5. The van der Waals surface area contributed by atoms with Crippen LogP contribution in [-0.4, -0.2) is 35.5 Å². The fourth-order valence-electron chi connectivity index (χ4n) is 3.68. The van der Waals surface area contributed by atoms with Crippen LogP contribution < -0.4 is 15.9 Å². The molecule has 0 amide bonds. The van der Waals surface area contributed by atoms with Crippen molar-refractivity contribution in [3.63, 3.8) is 0 Å². The quantitative estimate of drug-likeness (QED) is 0.674. The summed E-state index contributed by atoms with van der Waals surface area (Å²) >= 11 is 0. The van der Waals surface area contributed by atoms with E-state index in [-0.39, 0.29) is 5.56 Å². The van der Waals surface area contributed by atoms with Crippen molar-refractivity contribution >= 4 is 19.3 Å². The van der Waals surface area contributed by atoms with Gasteiger partial charge in [-0.05, 0) is 30.5 Å². The molecular weight excluding hydrogens is 335 g/mol. The highest BCUT2D eigenvalue weighted by atomic mass is 16.1. The molecule has 0 N–H and O–H groups in total. The number of rotatable bonds is 3. The Morgan fingerprint density at radius 3 is 2.59 bits per heavy atom. The molecule has 1 aromatic carbocycles. The molecule has 1 atom stereocenters. The third kappa shape index (κ3) is 3.65. The second-order valence-electron chi connectivity index (χ2n) is 7.03. The van der Waals surface area contributed by atoms with Gasteiger partial charge in [0, 0.05) is 50.1 Å². The molecule has 0 saturated carbocycles. The Balaban J connectivity index is 1.67. The summed E-state index contributed by atoms with van der Waals surface area (Å²) in [5.41, 5.74) is 3.59. The van der Waals surface area contributed by atoms with Gasteiger partial charge in [-0.1, -0.05) is 29.7 Å². The van der Waals surface area contributed by atoms with Crippen molar-refractivity contribution in [2.24, 2.45) is 7.05 Å². The Kier molecular flexibility index (Phi) is 4.80. The molecule has 0 spiro atoms. The van der Waals surface area contributed by atoms with Crippen LogP contribution in [0.5, 0.6) is 0 Å². The van der Waals surface area contributed by atoms with Crippen LogP contribution in [0.3, 0.4) is 0 Å². The Labute approximate surface area is 160 Å². The molecule has 1 unspecified atom stereocenters. The lowest BCUT2D eigenvalue weighted by Gasteiger charge is -2.34. The predicted octanol–water partition coefficient (Wildman–Crippen LogP) is 2.02. The maximum absolute atomic E-state index is 12.5. The summed E-state index contributed by atoms with van der Waals surface area (Å²) in [6, 6.07) is 13.4. The van der Waals surface area contributed by atoms with E-state index in [1.807, 2.05) is 24.3 Å². The molecule has 2 aromatic heterocycles. The number of pyridine rings is 1.